The molecule has 6 nitrogen and oxygen atoms in total. The first kappa shape index (κ1) is 26.5. The summed E-state index contributed by atoms with van der Waals surface area (Å²) in [7, 11) is 0. The normalized spacial score (nSPS) is 11.2. The highest BCUT2D eigenvalue weighted by molar-refractivity contribution is 6.05. The second-order valence-corrected chi connectivity index (χ2v) is 8.78. The van der Waals surface area contributed by atoms with E-state index >= 15 is 0 Å². The number of benzene rings is 3. The first-order chi connectivity index (χ1) is 18.0. The summed E-state index contributed by atoms with van der Waals surface area (Å²) < 4.78 is 48.1. The average Bonchev–Trinajstić information content (AvgIpc) is 3.16. The van der Waals surface area contributed by atoms with Gasteiger partial charge in [-0.15, -0.1) is 0 Å². The molecule has 3 aromatic carbocycles. The van der Waals surface area contributed by atoms with Gasteiger partial charge >= 0.3 is 6.18 Å². The predicted molar refractivity (Wildman–Crippen MR) is 140 cm³/mol. The van der Waals surface area contributed by atoms with Gasteiger partial charge in [0.25, 0.3) is 5.91 Å². The molecule has 2 N–H and O–H groups in total. The largest absolute Gasteiger partial charge is 0.489 e. The number of hydrogen-bond donors (Lipinski definition) is 2. The van der Waals surface area contributed by atoms with Crippen LogP contribution in [0.5, 0.6) is 5.75 Å². The number of nitrogens with zero attached hydrogens (tertiary/aromatic N) is 1. The highest BCUT2D eigenvalue weighted by Crippen LogP contribution is 2.35. The van der Waals surface area contributed by atoms with Crippen molar-refractivity contribution in [1.29, 1.82) is 0 Å². The number of carbonyl (C=O) groups excluding carboxylic acids is 2. The molecule has 0 aliphatic heterocycles. The minimum atomic E-state index is -4.53. The van der Waals surface area contributed by atoms with Gasteiger partial charge in [-0.1, -0.05) is 30.3 Å². The summed E-state index contributed by atoms with van der Waals surface area (Å²) in [5, 5.41) is 5.51. The van der Waals surface area contributed by atoms with Crippen LogP contribution in [0.25, 0.3) is 5.69 Å². The highest BCUT2D eigenvalue weighted by atomic mass is 19.4. The summed E-state index contributed by atoms with van der Waals surface area (Å²) in [5.41, 5.74) is 2.42. The third-order valence-electron chi connectivity index (χ3n) is 5.90. The molecule has 0 aliphatic carbocycles. The number of rotatable bonds is 7. The summed E-state index contributed by atoms with van der Waals surface area (Å²) in [6, 6.07) is 20.9. The molecule has 4 aromatic rings. The average molecular weight is 522 g/mol. The lowest BCUT2D eigenvalue weighted by molar-refractivity contribution is -0.137. The van der Waals surface area contributed by atoms with Gasteiger partial charge in [0.1, 0.15) is 12.4 Å². The van der Waals surface area contributed by atoms with E-state index in [0.717, 1.165) is 11.6 Å². The zero-order valence-corrected chi connectivity index (χ0v) is 21.0. The molecule has 0 bridgehead atoms. The van der Waals surface area contributed by atoms with Crippen molar-refractivity contribution in [2.45, 2.75) is 33.6 Å². The van der Waals surface area contributed by atoms with Crippen LogP contribution in [-0.2, 0) is 17.6 Å². The Morgan fingerprint density at radius 1 is 0.868 bits per heavy atom. The van der Waals surface area contributed by atoms with Crippen LogP contribution in [0.3, 0.4) is 0 Å². The Morgan fingerprint density at radius 3 is 2.26 bits per heavy atom. The molecule has 0 atom stereocenters. The molecule has 0 unspecified atom stereocenters. The molecule has 0 spiro atoms. The van der Waals surface area contributed by atoms with E-state index in [1.165, 1.54) is 29.7 Å². The van der Waals surface area contributed by atoms with E-state index < -0.39 is 17.6 Å². The van der Waals surface area contributed by atoms with Gasteiger partial charge in [-0.2, -0.15) is 13.2 Å². The second-order valence-electron chi connectivity index (χ2n) is 8.78. The molecule has 2 amide bonds. The number of ether oxygens (including phenoxy) is 1. The first-order valence-electron chi connectivity index (χ1n) is 11.8. The summed E-state index contributed by atoms with van der Waals surface area (Å²) in [6.07, 6.45) is -4.53. The van der Waals surface area contributed by atoms with Gasteiger partial charge in [-0.3, -0.25) is 9.59 Å². The molecular weight excluding hydrogens is 495 g/mol. The Balaban J connectivity index is 1.48. The van der Waals surface area contributed by atoms with Crippen LogP contribution in [-0.4, -0.2) is 16.4 Å². The van der Waals surface area contributed by atoms with Crippen LogP contribution in [0, 0.1) is 13.8 Å². The van der Waals surface area contributed by atoms with E-state index in [4.69, 9.17) is 4.74 Å². The minimum Gasteiger partial charge on any atom is -0.489 e. The van der Waals surface area contributed by atoms with Gasteiger partial charge in [0, 0.05) is 35.8 Å². The summed E-state index contributed by atoms with van der Waals surface area (Å²) in [4.78, 5) is 24.2. The molecule has 0 saturated heterocycles. The maximum atomic E-state index is 13.6. The molecule has 0 aliphatic rings. The van der Waals surface area contributed by atoms with E-state index in [1.807, 2.05) is 12.1 Å². The zero-order chi connectivity index (χ0) is 27.4. The molecule has 1 heterocycles. The maximum Gasteiger partial charge on any atom is 0.418 e. The summed E-state index contributed by atoms with van der Waals surface area (Å²) in [6.45, 7) is 4.99. The van der Waals surface area contributed by atoms with Crippen molar-refractivity contribution in [2.24, 2.45) is 0 Å². The Labute approximate surface area is 218 Å². The molecule has 4 rings (SSSR count). The van der Waals surface area contributed by atoms with Crippen LogP contribution < -0.4 is 15.4 Å². The van der Waals surface area contributed by atoms with Gasteiger partial charge in [0.05, 0.1) is 16.8 Å². The topological polar surface area (TPSA) is 72.4 Å². The Hall–Kier alpha value is -4.53. The van der Waals surface area contributed by atoms with Gasteiger partial charge in [-0.25, -0.2) is 0 Å². The molecule has 196 valence electrons. The van der Waals surface area contributed by atoms with Gasteiger partial charge in [-0.05, 0) is 61.9 Å². The molecule has 0 saturated carbocycles. The number of aryl methyl sites for hydroxylation is 1. The molecule has 0 radical (unpaired) electrons. The lowest BCUT2D eigenvalue weighted by Crippen LogP contribution is -2.15. The Kier molecular flexibility index (Phi) is 7.57. The van der Waals surface area contributed by atoms with Crippen molar-refractivity contribution in [3.05, 3.63) is 107 Å². The Bertz CT molecular complexity index is 1470. The Morgan fingerprint density at radius 2 is 1.58 bits per heavy atom. The quantitative estimate of drug-likeness (QED) is 0.278. The monoisotopic (exact) mass is 521 g/mol. The van der Waals surface area contributed by atoms with Crippen molar-refractivity contribution in [3.8, 4) is 11.4 Å². The fourth-order valence-electron chi connectivity index (χ4n) is 4.19. The zero-order valence-electron chi connectivity index (χ0n) is 21.0. The van der Waals surface area contributed by atoms with Crippen LogP contribution in [0.15, 0.2) is 78.9 Å². The van der Waals surface area contributed by atoms with Crippen molar-refractivity contribution >= 4 is 23.2 Å². The third-order valence-corrected chi connectivity index (χ3v) is 5.90. The van der Waals surface area contributed by atoms with Crippen LogP contribution in [0.4, 0.5) is 24.5 Å². The second kappa shape index (κ2) is 10.8. The van der Waals surface area contributed by atoms with Crippen molar-refractivity contribution in [1.82, 2.24) is 4.57 Å². The minimum absolute atomic E-state index is 0.0328. The third kappa shape index (κ3) is 6.05. The summed E-state index contributed by atoms with van der Waals surface area (Å²) >= 11 is 0. The number of para-hydroxylation sites is 1. The molecular formula is C29H26F3N3O3. The van der Waals surface area contributed by atoms with Crippen molar-refractivity contribution in [2.75, 3.05) is 10.6 Å². The van der Waals surface area contributed by atoms with E-state index in [-0.39, 0.29) is 23.8 Å². The fraction of sp³-hybridized carbons (Fsp3) is 0.172. The standard InChI is InChI=1S/C29H26F3N3O3/c1-18-15-25(19(2)35(18)27-10-5-4-9-26(27)29(30,31)32)28(37)34-23-7-6-8-24(16-23)38-17-21-11-13-22(14-12-21)33-20(3)36/h4-16H,17H2,1-3H3,(H,33,36)(H,34,37). The van der Waals surface area contributed by atoms with Crippen molar-refractivity contribution in [3.63, 3.8) is 0 Å². The highest BCUT2D eigenvalue weighted by Gasteiger charge is 2.34. The van der Waals surface area contributed by atoms with E-state index in [1.54, 1.807) is 56.3 Å². The fourth-order valence-corrected chi connectivity index (χ4v) is 4.19. The van der Waals surface area contributed by atoms with Crippen molar-refractivity contribution < 1.29 is 27.5 Å². The lowest BCUT2D eigenvalue weighted by Gasteiger charge is -2.17. The van der Waals surface area contributed by atoms with Crippen LogP contribution >= 0.6 is 0 Å². The number of halogens is 3. The van der Waals surface area contributed by atoms with E-state index in [2.05, 4.69) is 10.6 Å². The summed E-state index contributed by atoms with van der Waals surface area (Å²) in [5.74, 6) is -0.0706. The molecule has 0 fully saturated rings. The predicted octanol–water partition coefficient (Wildman–Crippen LogP) is 6.90. The van der Waals surface area contributed by atoms with Gasteiger partial charge in [0.2, 0.25) is 5.91 Å². The maximum absolute atomic E-state index is 13.6. The number of alkyl halides is 3. The number of amides is 2. The van der Waals surface area contributed by atoms with E-state index in [0.29, 0.717) is 28.5 Å². The number of hydrogen-bond acceptors (Lipinski definition) is 3. The molecule has 9 heteroatoms. The lowest BCUT2D eigenvalue weighted by atomic mass is 10.1. The number of aromatic nitrogens is 1. The van der Waals surface area contributed by atoms with E-state index in [9.17, 15) is 22.8 Å². The SMILES string of the molecule is CC(=O)Nc1ccc(COc2cccc(NC(=O)c3cc(C)n(-c4ccccc4C(F)(F)F)c3C)c2)cc1. The first-order valence-corrected chi connectivity index (χ1v) is 11.8. The van der Waals surface area contributed by atoms with Gasteiger partial charge in [0.15, 0.2) is 0 Å². The van der Waals surface area contributed by atoms with Gasteiger partial charge < -0.3 is 19.9 Å². The molecule has 38 heavy (non-hydrogen) atoms. The smallest absolute Gasteiger partial charge is 0.418 e. The van der Waals surface area contributed by atoms with Crippen LogP contribution in [0.1, 0.15) is 39.8 Å². The number of carbonyl (C=O) groups is 2. The molecule has 1 aromatic heterocycles. The number of anilines is 2. The van der Waals surface area contributed by atoms with Crippen LogP contribution in [0.2, 0.25) is 0 Å². The number of nitrogens with one attached hydrogen (secondary N) is 2.